The topological polar surface area (TPSA) is 50.7 Å². The van der Waals surface area contributed by atoms with Gasteiger partial charge in [-0.05, 0) is 24.3 Å². The van der Waals surface area contributed by atoms with Crippen molar-refractivity contribution < 1.29 is 27.8 Å². The van der Waals surface area contributed by atoms with Gasteiger partial charge in [-0.3, -0.25) is 0 Å². The number of alkyl halides is 3. The Labute approximate surface area is 101 Å². The van der Waals surface area contributed by atoms with Crippen LogP contribution in [0.5, 0.6) is 11.5 Å². The van der Waals surface area contributed by atoms with E-state index in [0.29, 0.717) is 18.8 Å². The Balaban J connectivity index is 1.95. The molecule has 0 aromatic heterocycles. The lowest BCUT2D eigenvalue weighted by Crippen LogP contribution is -2.29. The van der Waals surface area contributed by atoms with Gasteiger partial charge in [0.1, 0.15) is 23.7 Å². The van der Waals surface area contributed by atoms with Crippen LogP contribution in [-0.4, -0.2) is 36.8 Å². The number of hydrogen-bond acceptors (Lipinski definition) is 4. The molecular formula is C11H12F3NO3. The molecule has 1 fully saturated rings. The van der Waals surface area contributed by atoms with Gasteiger partial charge in [-0.1, -0.05) is 0 Å². The van der Waals surface area contributed by atoms with Crippen LogP contribution in [0.4, 0.5) is 13.2 Å². The fourth-order valence-corrected chi connectivity index (χ4v) is 1.66. The Morgan fingerprint density at radius 3 is 2.22 bits per heavy atom. The van der Waals surface area contributed by atoms with Gasteiger partial charge in [0.15, 0.2) is 0 Å². The third kappa shape index (κ3) is 3.51. The maximum absolute atomic E-state index is 11.9. The first-order valence-corrected chi connectivity index (χ1v) is 5.35. The van der Waals surface area contributed by atoms with Gasteiger partial charge in [-0.25, -0.2) is 0 Å². The molecule has 0 saturated carbocycles. The minimum Gasteiger partial charge on any atom is -0.486 e. The summed E-state index contributed by atoms with van der Waals surface area (Å²) in [7, 11) is 0. The summed E-state index contributed by atoms with van der Waals surface area (Å²) in [6.45, 7) is 0.946. The molecule has 18 heavy (non-hydrogen) atoms. The molecule has 1 aromatic rings. The number of aliphatic hydroxyl groups is 1. The zero-order valence-electron chi connectivity index (χ0n) is 9.28. The Bertz CT molecular complexity index is 394. The lowest BCUT2D eigenvalue weighted by Gasteiger charge is -2.16. The van der Waals surface area contributed by atoms with Gasteiger partial charge >= 0.3 is 6.36 Å². The molecule has 0 bridgehead atoms. The van der Waals surface area contributed by atoms with Crippen LogP contribution < -0.4 is 14.8 Å². The Morgan fingerprint density at radius 2 is 1.72 bits per heavy atom. The summed E-state index contributed by atoms with van der Waals surface area (Å²) in [6.07, 6.45) is -5.70. The van der Waals surface area contributed by atoms with Gasteiger partial charge in [0, 0.05) is 13.1 Å². The van der Waals surface area contributed by atoms with Gasteiger partial charge < -0.3 is 19.9 Å². The SMILES string of the molecule is O[C@H]1CNC[C@@H]1Oc1ccc(OC(F)(F)F)cc1. The molecule has 1 aliphatic heterocycles. The third-order valence-corrected chi connectivity index (χ3v) is 2.47. The molecule has 0 radical (unpaired) electrons. The molecule has 2 N–H and O–H groups in total. The molecule has 4 nitrogen and oxygen atoms in total. The standard InChI is InChI=1S/C11H12F3NO3/c12-11(13,14)18-8-3-1-7(2-4-8)17-10-6-15-5-9(10)16/h1-4,9-10,15-16H,5-6H2/t9-,10-/m0/s1. The van der Waals surface area contributed by atoms with Crippen molar-refractivity contribution in [2.75, 3.05) is 13.1 Å². The Hall–Kier alpha value is -1.47. The van der Waals surface area contributed by atoms with E-state index in [1.165, 1.54) is 12.1 Å². The van der Waals surface area contributed by atoms with Crippen molar-refractivity contribution in [3.63, 3.8) is 0 Å². The molecule has 0 amide bonds. The van der Waals surface area contributed by atoms with Crippen molar-refractivity contribution in [1.29, 1.82) is 0 Å². The van der Waals surface area contributed by atoms with Crippen LogP contribution in [0, 0.1) is 0 Å². The largest absolute Gasteiger partial charge is 0.573 e. The lowest BCUT2D eigenvalue weighted by molar-refractivity contribution is -0.274. The van der Waals surface area contributed by atoms with Gasteiger partial charge in [0.05, 0.1) is 0 Å². The summed E-state index contributed by atoms with van der Waals surface area (Å²) < 4.78 is 44.9. The van der Waals surface area contributed by atoms with E-state index in [9.17, 15) is 18.3 Å². The average molecular weight is 263 g/mol. The number of benzene rings is 1. The van der Waals surface area contributed by atoms with Crippen molar-refractivity contribution >= 4 is 0 Å². The average Bonchev–Trinajstić information content (AvgIpc) is 2.65. The molecule has 1 saturated heterocycles. The molecule has 2 rings (SSSR count). The molecule has 1 aliphatic rings. The number of aliphatic hydroxyl groups excluding tert-OH is 1. The van der Waals surface area contributed by atoms with Crippen molar-refractivity contribution in [3.8, 4) is 11.5 Å². The van der Waals surface area contributed by atoms with Crippen molar-refractivity contribution in [2.24, 2.45) is 0 Å². The second-order valence-electron chi connectivity index (χ2n) is 3.90. The van der Waals surface area contributed by atoms with E-state index in [0.717, 1.165) is 12.1 Å². The van der Waals surface area contributed by atoms with E-state index < -0.39 is 12.5 Å². The third-order valence-electron chi connectivity index (χ3n) is 2.47. The molecule has 0 aliphatic carbocycles. The van der Waals surface area contributed by atoms with Gasteiger partial charge in [-0.2, -0.15) is 0 Å². The number of halogens is 3. The highest BCUT2D eigenvalue weighted by Gasteiger charge is 2.31. The van der Waals surface area contributed by atoms with Crippen LogP contribution in [0.3, 0.4) is 0 Å². The minimum atomic E-state index is -4.70. The van der Waals surface area contributed by atoms with E-state index in [2.05, 4.69) is 10.1 Å². The Kier molecular flexibility index (Phi) is 3.63. The quantitative estimate of drug-likeness (QED) is 0.863. The van der Waals surface area contributed by atoms with Gasteiger partial charge in [0.25, 0.3) is 0 Å². The summed E-state index contributed by atoms with van der Waals surface area (Å²) >= 11 is 0. The minimum absolute atomic E-state index is 0.306. The van der Waals surface area contributed by atoms with Crippen LogP contribution in [0.25, 0.3) is 0 Å². The number of hydrogen-bond donors (Lipinski definition) is 2. The number of nitrogens with one attached hydrogen (secondary N) is 1. The summed E-state index contributed by atoms with van der Waals surface area (Å²) in [4.78, 5) is 0. The van der Waals surface area contributed by atoms with E-state index in [1.807, 2.05) is 0 Å². The fraction of sp³-hybridized carbons (Fsp3) is 0.455. The first kappa shape index (κ1) is 13.0. The van der Waals surface area contributed by atoms with Gasteiger partial charge in [-0.15, -0.1) is 13.2 Å². The van der Waals surface area contributed by atoms with Crippen LogP contribution in [0.2, 0.25) is 0 Å². The van der Waals surface area contributed by atoms with Crippen molar-refractivity contribution in [2.45, 2.75) is 18.6 Å². The van der Waals surface area contributed by atoms with Crippen molar-refractivity contribution in [3.05, 3.63) is 24.3 Å². The van der Waals surface area contributed by atoms with E-state index >= 15 is 0 Å². The predicted molar refractivity (Wildman–Crippen MR) is 56.4 cm³/mol. The Morgan fingerprint density at radius 1 is 1.11 bits per heavy atom. The first-order valence-electron chi connectivity index (χ1n) is 5.35. The summed E-state index contributed by atoms with van der Waals surface area (Å²) in [5, 5.41) is 12.4. The van der Waals surface area contributed by atoms with Crippen LogP contribution >= 0.6 is 0 Å². The van der Waals surface area contributed by atoms with Crippen LogP contribution in [0.15, 0.2) is 24.3 Å². The first-order chi connectivity index (χ1) is 8.44. The summed E-state index contributed by atoms with van der Waals surface area (Å²) in [5.74, 6) is 0.0808. The smallest absolute Gasteiger partial charge is 0.486 e. The van der Waals surface area contributed by atoms with E-state index in [-0.39, 0.29) is 11.9 Å². The number of rotatable bonds is 3. The predicted octanol–water partition coefficient (Wildman–Crippen LogP) is 1.30. The highest BCUT2D eigenvalue weighted by atomic mass is 19.4. The molecule has 7 heteroatoms. The molecule has 0 unspecified atom stereocenters. The fourth-order valence-electron chi connectivity index (χ4n) is 1.66. The molecule has 2 atom stereocenters. The number of ether oxygens (including phenoxy) is 2. The van der Waals surface area contributed by atoms with E-state index in [1.54, 1.807) is 0 Å². The lowest BCUT2D eigenvalue weighted by atomic mass is 10.2. The summed E-state index contributed by atoms with van der Waals surface area (Å²) in [6, 6.07) is 5.06. The van der Waals surface area contributed by atoms with Gasteiger partial charge in [0.2, 0.25) is 0 Å². The maximum atomic E-state index is 11.9. The molecule has 1 aromatic carbocycles. The molecule has 100 valence electrons. The highest BCUT2D eigenvalue weighted by Crippen LogP contribution is 2.25. The van der Waals surface area contributed by atoms with E-state index in [4.69, 9.17) is 4.74 Å². The zero-order chi connectivity index (χ0) is 13.2. The second-order valence-corrected chi connectivity index (χ2v) is 3.90. The monoisotopic (exact) mass is 263 g/mol. The molecule has 0 spiro atoms. The number of β-amino-alcohol motifs (C(OH)–C–C–N with tert-alkyl or cyclic N) is 1. The second kappa shape index (κ2) is 5.03. The van der Waals surface area contributed by atoms with Crippen LogP contribution in [-0.2, 0) is 0 Å². The normalized spacial score (nSPS) is 24.0. The molecule has 1 heterocycles. The summed E-state index contributed by atoms with van der Waals surface area (Å²) in [5.41, 5.74) is 0. The zero-order valence-corrected chi connectivity index (χ0v) is 9.28. The maximum Gasteiger partial charge on any atom is 0.573 e. The highest BCUT2D eigenvalue weighted by molar-refractivity contribution is 5.31. The molecular weight excluding hydrogens is 251 g/mol. The van der Waals surface area contributed by atoms with Crippen molar-refractivity contribution in [1.82, 2.24) is 5.32 Å². The van der Waals surface area contributed by atoms with Crippen LogP contribution in [0.1, 0.15) is 0 Å².